The first-order valence-corrected chi connectivity index (χ1v) is 7.81. The van der Waals surface area contributed by atoms with Crippen molar-refractivity contribution >= 4 is 48.9 Å². The van der Waals surface area contributed by atoms with Crippen molar-refractivity contribution in [2.75, 3.05) is 7.11 Å². The third-order valence-electron chi connectivity index (χ3n) is 3.01. The van der Waals surface area contributed by atoms with Gasteiger partial charge in [0.05, 0.1) is 27.0 Å². The number of rotatable bonds is 3. The Morgan fingerprint density at radius 3 is 3.00 bits per heavy atom. The molecule has 1 aromatic carbocycles. The molecular formula is C14H13NO3S2. The Morgan fingerprint density at radius 2 is 2.25 bits per heavy atom. The van der Waals surface area contributed by atoms with Gasteiger partial charge in [0, 0.05) is 11.5 Å². The van der Waals surface area contributed by atoms with Crippen molar-refractivity contribution < 1.29 is 14.3 Å². The van der Waals surface area contributed by atoms with Crippen LogP contribution < -0.4 is 4.74 Å². The van der Waals surface area contributed by atoms with Gasteiger partial charge in [-0.15, -0.1) is 22.7 Å². The fraction of sp³-hybridized carbons (Fsp3) is 0.286. The Hall–Kier alpha value is -1.66. The summed E-state index contributed by atoms with van der Waals surface area (Å²) in [7, 11) is 1.36. The molecule has 0 spiro atoms. The summed E-state index contributed by atoms with van der Waals surface area (Å²) in [6.07, 6.45) is -0.630. The lowest BCUT2D eigenvalue weighted by molar-refractivity contribution is -0.147. The third-order valence-corrected chi connectivity index (χ3v) is 4.84. The van der Waals surface area contributed by atoms with Crippen LogP contribution in [-0.4, -0.2) is 24.2 Å². The second kappa shape index (κ2) is 5.03. The van der Waals surface area contributed by atoms with Gasteiger partial charge in [-0.1, -0.05) is 0 Å². The van der Waals surface area contributed by atoms with Crippen LogP contribution in [0.1, 0.15) is 11.9 Å². The molecule has 0 aliphatic rings. The lowest BCUT2D eigenvalue weighted by Gasteiger charge is -2.13. The highest BCUT2D eigenvalue weighted by atomic mass is 32.1. The number of nitrogens with zero attached hydrogens (tertiary/aromatic N) is 1. The van der Waals surface area contributed by atoms with Crippen molar-refractivity contribution in [2.45, 2.75) is 20.0 Å². The number of hydrogen-bond donors (Lipinski definition) is 0. The summed E-state index contributed by atoms with van der Waals surface area (Å²) in [6.45, 7) is 3.67. The Balaban J connectivity index is 2.13. The average Bonchev–Trinajstić information content (AvgIpc) is 3.03. The number of methoxy groups -OCH3 is 1. The number of thiophene rings is 1. The summed E-state index contributed by atoms with van der Waals surface area (Å²) < 4.78 is 12.6. The molecule has 0 N–H and O–H groups in total. The van der Waals surface area contributed by atoms with Crippen molar-refractivity contribution in [3.63, 3.8) is 0 Å². The van der Waals surface area contributed by atoms with Crippen LogP contribution in [0.5, 0.6) is 5.75 Å². The standard InChI is InChI=1S/C14H13NO3S2/c1-7(14(16)17-3)18-10-6-11-12(15-8(2)20-11)13-9(10)4-5-19-13/h4-7H,1-3H3/t7-/m0/s1. The molecule has 6 heteroatoms. The number of esters is 1. The summed E-state index contributed by atoms with van der Waals surface area (Å²) in [5, 5.41) is 4.02. The Morgan fingerprint density at radius 1 is 1.45 bits per heavy atom. The van der Waals surface area contributed by atoms with Gasteiger partial charge in [-0.05, 0) is 25.3 Å². The highest BCUT2D eigenvalue weighted by molar-refractivity contribution is 7.21. The van der Waals surface area contributed by atoms with Gasteiger partial charge in [-0.25, -0.2) is 9.78 Å². The minimum Gasteiger partial charge on any atom is -0.478 e. The van der Waals surface area contributed by atoms with E-state index in [-0.39, 0.29) is 5.97 Å². The van der Waals surface area contributed by atoms with Gasteiger partial charge in [0.1, 0.15) is 5.75 Å². The second-order valence-electron chi connectivity index (χ2n) is 4.40. The van der Waals surface area contributed by atoms with Crippen molar-refractivity contribution in [2.24, 2.45) is 0 Å². The molecule has 0 unspecified atom stereocenters. The maximum atomic E-state index is 11.5. The summed E-state index contributed by atoms with van der Waals surface area (Å²) in [4.78, 5) is 16.1. The molecular weight excluding hydrogens is 294 g/mol. The number of aromatic nitrogens is 1. The molecule has 0 saturated carbocycles. The Kier molecular flexibility index (Phi) is 3.35. The lowest BCUT2D eigenvalue weighted by atomic mass is 10.2. The molecule has 2 aromatic heterocycles. The minimum atomic E-state index is -0.630. The van der Waals surface area contributed by atoms with Gasteiger partial charge < -0.3 is 9.47 Å². The Labute approximate surface area is 124 Å². The smallest absolute Gasteiger partial charge is 0.346 e. The van der Waals surface area contributed by atoms with E-state index in [1.54, 1.807) is 29.6 Å². The first-order chi connectivity index (χ1) is 9.60. The maximum absolute atomic E-state index is 11.5. The van der Waals surface area contributed by atoms with Gasteiger partial charge in [0.2, 0.25) is 0 Å². The Bertz CT molecular complexity index is 790. The maximum Gasteiger partial charge on any atom is 0.346 e. The molecule has 0 aliphatic heterocycles. The van der Waals surface area contributed by atoms with Crippen LogP contribution in [0.3, 0.4) is 0 Å². The fourth-order valence-electron chi connectivity index (χ4n) is 2.09. The zero-order chi connectivity index (χ0) is 14.3. The molecule has 0 amide bonds. The van der Waals surface area contributed by atoms with Crippen LogP contribution in [0, 0.1) is 6.92 Å². The van der Waals surface area contributed by atoms with Crippen molar-refractivity contribution in [1.29, 1.82) is 0 Å². The monoisotopic (exact) mass is 307 g/mol. The first-order valence-electron chi connectivity index (χ1n) is 6.12. The van der Waals surface area contributed by atoms with Gasteiger partial charge >= 0.3 is 5.97 Å². The highest BCUT2D eigenvalue weighted by Gasteiger charge is 2.18. The summed E-state index contributed by atoms with van der Waals surface area (Å²) in [6, 6.07) is 3.95. The number of benzene rings is 1. The largest absolute Gasteiger partial charge is 0.478 e. The number of carbonyl (C=O) groups excluding carboxylic acids is 1. The van der Waals surface area contributed by atoms with Crippen molar-refractivity contribution in [3.05, 3.63) is 22.5 Å². The number of hydrogen-bond acceptors (Lipinski definition) is 6. The van der Waals surface area contributed by atoms with Crippen LogP contribution >= 0.6 is 22.7 Å². The van der Waals surface area contributed by atoms with Crippen LogP contribution in [0.4, 0.5) is 0 Å². The summed E-state index contributed by atoms with van der Waals surface area (Å²) in [5.41, 5.74) is 1.01. The molecule has 104 valence electrons. The van der Waals surface area contributed by atoms with Crippen LogP contribution in [0.25, 0.3) is 20.3 Å². The number of fused-ring (bicyclic) bond motifs is 3. The topological polar surface area (TPSA) is 48.4 Å². The molecule has 2 heterocycles. The molecule has 1 atom stereocenters. The van der Waals surface area contributed by atoms with Crippen molar-refractivity contribution in [1.82, 2.24) is 4.98 Å². The molecule has 0 bridgehead atoms. The van der Waals surface area contributed by atoms with E-state index in [9.17, 15) is 4.79 Å². The van der Waals surface area contributed by atoms with Gasteiger partial charge in [0.15, 0.2) is 6.10 Å². The first kappa shape index (κ1) is 13.3. The predicted octanol–water partition coefficient (Wildman–Crippen LogP) is 3.76. The molecule has 3 aromatic rings. The molecule has 20 heavy (non-hydrogen) atoms. The van der Waals surface area contributed by atoms with E-state index in [2.05, 4.69) is 4.98 Å². The van der Waals surface area contributed by atoms with E-state index in [4.69, 9.17) is 9.47 Å². The number of aryl methyl sites for hydroxylation is 1. The fourth-order valence-corrected chi connectivity index (χ4v) is 3.92. The zero-order valence-electron chi connectivity index (χ0n) is 11.3. The summed E-state index contributed by atoms with van der Waals surface area (Å²) in [5.74, 6) is 0.323. The van der Waals surface area contributed by atoms with Gasteiger partial charge in [0.25, 0.3) is 0 Å². The molecule has 3 rings (SSSR count). The lowest BCUT2D eigenvalue weighted by Crippen LogP contribution is -2.24. The van der Waals surface area contributed by atoms with E-state index in [0.717, 1.165) is 25.3 Å². The van der Waals surface area contributed by atoms with E-state index >= 15 is 0 Å². The van der Waals surface area contributed by atoms with E-state index in [1.807, 2.05) is 24.4 Å². The van der Waals surface area contributed by atoms with Gasteiger partial charge in [-0.3, -0.25) is 0 Å². The predicted molar refractivity (Wildman–Crippen MR) is 81.8 cm³/mol. The van der Waals surface area contributed by atoms with E-state index in [1.165, 1.54) is 7.11 Å². The van der Waals surface area contributed by atoms with Crippen LogP contribution in [0.15, 0.2) is 17.5 Å². The number of ether oxygens (including phenoxy) is 2. The van der Waals surface area contributed by atoms with Crippen LogP contribution in [-0.2, 0) is 9.53 Å². The van der Waals surface area contributed by atoms with Gasteiger partial charge in [-0.2, -0.15) is 0 Å². The molecule has 0 fully saturated rings. The third kappa shape index (κ3) is 2.14. The summed E-state index contributed by atoms with van der Waals surface area (Å²) >= 11 is 3.26. The number of thiazole rings is 1. The molecule has 4 nitrogen and oxygen atoms in total. The zero-order valence-corrected chi connectivity index (χ0v) is 12.9. The van der Waals surface area contributed by atoms with Crippen molar-refractivity contribution in [3.8, 4) is 5.75 Å². The second-order valence-corrected chi connectivity index (χ2v) is 6.55. The highest BCUT2D eigenvalue weighted by Crippen LogP contribution is 2.39. The molecule has 0 aliphatic carbocycles. The molecule has 0 radical (unpaired) electrons. The normalized spacial score (nSPS) is 12.8. The van der Waals surface area contributed by atoms with Crippen LogP contribution in [0.2, 0.25) is 0 Å². The van der Waals surface area contributed by atoms with E-state index < -0.39 is 6.10 Å². The average molecular weight is 307 g/mol. The minimum absolute atomic E-state index is 0.381. The van der Waals surface area contributed by atoms with E-state index in [0.29, 0.717) is 5.75 Å². The number of carbonyl (C=O) groups is 1. The molecule has 0 saturated heterocycles. The SMILES string of the molecule is COC(=O)[C@H](C)Oc1cc2sc(C)nc2c2sccc12. The quantitative estimate of drug-likeness (QED) is 0.691.